The van der Waals surface area contributed by atoms with Crippen LogP contribution in [0.5, 0.6) is 0 Å². The molecule has 0 bridgehead atoms. The zero-order valence-electron chi connectivity index (χ0n) is 10.0. The Labute approximate surface area is 135 Å². The highest BCUT2D eigenvalue weighted by atomic mass is 127. The molecular weight excluding hydrogens is 396 g/mol. The molecule has 98 valence electrons. The maximum Gasteiger partial charge on any atom is 0.257 e. The predicted octanol–water partition coefficient (Wildman–Crippen LogP) is 5.16. The first-order valence-electron chi connectivity index (χ1n) is 5.50. The van der Waals surface area contributed by atoms with Crippen LogP contribution in [0.2, 0.25) is 10.0 Å². The fraction of sp³-hybridized carbons (Fsp3) is 0.0714. The van der Waals surface area contributed by atoms with Crippen molar-refractivity contribution in [3.8, 4) is 0 Å². The van der Waals surface area contributed by atoms with E-state index in [1.807, 2.05) is 25.1 Å². The van der Waals surface area contributed by atoms with Crippen molar-refractivity contribution in [1.29, 1.82) is 0 Å². The molecule has 0 saturated heterocycles. The summed E-state index contributed by atoms with van der Waals surface area (Å²) in [6.07, 6.45) is 0. The molecule has 2 rings (SSSR count). The molecule has 2 nitrogen and oxygen atoms in total. The largest absolute Gasteiger partial charge is 0.322 e. The van der Waals surface area contributed by atoms with E-state index in [-0.39, 0.29) is 10.9 Å². The quantitative estimate of drug-likeness (QED) is 0.687. The lowest BCUT2D eigenvalue weighted by Gasteiger charge is -2.08. The first-order chi connectivity index (χ1) is 8.99. The number of nitrogens with one attached hydrogen (secondary N) is 1. The Kier molecular flexibility index (Phi) is 4.71. The number of anilines is 1. The minimum absolute atomic E-state index is 0.267. The van der Waals surface area contributed by atoms with Crippen LogP contribution in [0.4, 0.5) is 5.69 Å². The van der Waals surface area contributed by atoms with E-state index in [1.54, 1.807) is 18.2 Å². The lowest BCUT2D eigenvalue weighted by molar-refractivity contribution is 0.102. The molecule has 0 aliphatic heterocycles. The van der Waals surface area contributed by atoms with Crippen LogP contribution in [0.1, 0.15) is 15.9 Å². The van der Waals surface area contributed by atoms with Gasteiger partial charge in [0.05, 0.1) is 15.6 Å². The monoisotopic (exact) mass is 405 g/mol. The average molecular weight is 406 g/mol. The number of halogens is 3. The molecule has 0 saturated carbocycles. The van der Waals surface area contributed by atoms with Gasteiger partial charge in [0.1, 0.15) is 0 Å². The Morgan fingerprint density at radius 2 is 1.95 bits per heavy atom. The molecule has 0 heterocycles. The lowest BCUT2D eigenvalue weighted by Crippen LogP contribution is -2.12. The molecule has 5 heteroatoms. The van der Waals surface area contributed by atoms with Gasteiger partial charge in [-0.3, -0.25) is 4.79 Å². The van der Waals surface area contributed by atoms with Crippen molar-refractivity contribution < 1.29 is 4.79 Å². The first-order valence-corrected chi connectivity index (χ1v) is 7.34. The van der Waals surface area contributed by atoms with Crippen LogP contribution in [-0.4, -0.2) is 5.91 Å². The predicted molar refractivity (Wildman–Crippen MR) is 88.3 cm³/mol. The van der Waals surface area contributed by atoms with Crippen LogP contribution in [0.15, 0.2) is 36.4 Å². The minimum atomic E-state index is -0.271. The highest BCUT2D eigenvalue weighted by Crippen LogP contribution is 2.26. The summed E-state index contributed by atoms with van der Waals surface area (Å²) in [7, 11) is 0. The van der Waals surface area contributed by atoms with E-state index in [9.17, 15) is 4.79 Å². The van der Waals surface area contributed by atoms with E-state index in [2.05, 4.69) is 27.9 Å². The van der Waals surface area contributed by atoms with Gasteiger partial charge in [0.25, 0.3) is 5.91 Å². The molecule has 2 aromatic rings. The maximum absolute atomic E-state index is 12.1. The molecular formula is C14H10Cl2INO. The van der Waals surface area contributed by atoms with Gasteiger partial charge in [0, 0.05) is 9.26 Å². The number of hydrogen-bond acceptors (Lipinski definition) is 1. The lowest BCUT2D eigenvalue weighted by atomic mass is 10.2. The van der Waals surface area contributed by atoms with Crippen LogP contribution >= 0.6 is 45.8 Å². The molecule has 0 aliphatic rings. The van der Waals surface area contributed by atoms with Crippen molar-refractivity contribution in [1.82, 2.24) is 0 Å². The van der Waals surface area contributed by atoms with E-state index >= 15 is 0 Å². The van der Waals surface area contributed by atoms with E-state index < -0.39 is 0 Å². The number of amides is 1. The SMILES string of the molecule is Cc1ccc(NC(=O)c2cccc(Cl)c2Cl)cc1I. The second kappa shape index (κ2) is 6.11. The van der Waals surface area contributed by atoms with Gasteiger partial charge in [-0.05, 0) is 59.3 Å². The van der Waals surface area contributed by atoms with Gasteiger partial charge in [-0.25, -0.2) is 0 Å². The number of aryl methyl sites for hydroxylation is 1. The molecule has 19 heavy (non-hydrogen) atoms. The molecule has 0 spiro atoms. The Morgan fingerprint density at radius 1 is 1.21 bits per heavy atom. The van der Waals surface area contributed by atoms with Crippen molar-refractivity contribution in [2.24, 2.45) is 0 Å². The average Bonchev–Trinajstić information content (AvgIpc) is 2.37. The van der Waals surface area contributed by atoms with Crippen LogP contribution in [0, 0.1) is 10.5 Å². The summed E-state index contributed by atoms with van der Waals surface area (Å²) in [5, 5.41) is 3.44. The third kappa shape index (κ3) is 3.41. The number of rotatable bonds is 2. The topological polar surface area (TPSA) is 29.1 Å². The molecule has 0 unspecified atom stereocenters. The molecule has 0 radical (unpaired) electrons. The highest BCUT2D eigenvalue weighted by molar-refractivity contribution is 14.1. The van der Waals surface area contributed by atoms with E-state index in [4.69, 9.17) is 23.2 Å². The zero-order valence-corrected chi connectivity index (χ0v) is 13.7. The number of carbonyl (C=O) groups excluding carboxylic acids is 1. The normalized spacial score (nSPS) is 10.3. The summed E-state index contributed by atoms with van der Waals surface area (Å²) < 4.78 is 1.09. The van der Waals surface area contributed by atoms with Gasteiger partial charge in [0.15, 0.2) is 0 Å². The van der Waals surface area contributed by atoms with Gasteiger partial charge >= 0.3 is 0 Å². The fourth-order valence-electron chi connectivity index (χ4n) is 1.55. The number of benzene rings is 2. The second-order valence-electron chi connectivity index (χ2n) is 4.02. The maximum atomic E-state index is 12.1. The van der Waals surface area contributed by atoms with Crippen molar-refractivity contribution in [3.05, 3.63) is 61.1 Å². The van der Waals surface area contributed by atoms with E-state index in [1.165, 1.54) is 5.56 Å². The third-order valence-corrected chi connectivity index (χ3v) is 4.61. The Morgan fingerprint density at radius 3 is 2.63 bits per heavy atom. The van der Waals surface area contributed by atoms with Gasteiger partial charge in [-0.15, -0.1) is 0 Å². The summed E-state index contributed by atoms with van der Waals surface area (Å²) in [6, 6.07) is 10.7. The number of carbonyl (C=O) groups is 1. The summed E-state index contributed by atoms with van der Waals surface area (Å²) in [5.41, 5.74) is 2.26. The van der Waals surface area contributed by atoms with Gasteiger partial charge in [0.2, 0.25) is 0 Å². The molecule has 1 amide bonds. The van der Waals surface area contributed by atoms with Crippen LogP contribution in [-0.2, 0) is 0 Å². The second-order valence-corrected chi connectivity index (χ2v) is 5.97. The van der Waals surface area contributed by atoms with Crippen LogP contribution in [0.3, 0.4) is 0 Å². The first kappa shape index (κ1) is 14.6. The van der Waals surface area contributed by atoms with Crippen molar-refractivity contribution in [3.63, 3.8) is 0 Å². The van der Waals surface area contributed by atoms with Crippen molar-refractivity contribution in [2.45, 2.75) is 6.92 Å². The summed E-state index contributed by atoms with van der Waals surface area (Å²) in [4.78, 5) is 12.1. The standard InChI is InChI=1S/C14H10Cl2INO/c1-8-5-6-9(7-12(8)17)18-14(19)10-3-2-4-11(15)13(10)16/h2-7H,1H3,(H,18,19). The molecule has 0 aliphatic carbocycles. The molecule has 0 atom stereocenters. The van der Waals surface area contributed by atoms with E-state index in [0.717, 1.165) is 9.26 Å². The summed E-state index contributed by atoms with van der Waals surface area (Å²) >= 11 is 14.1. The fourth-order valence-corrected chi connectivity index (χ4v) is 2.45. The molecule has 0 aromatic heterocycles. The smallest absolute Gasteiger partial charge is 0.257 e. The summed E-state index contributed by atoms with van der Waals surface area (Å²) in [6.45, 7) is 2.02. The van der Waals surface area contributed by atoms with E-state index in [0.29, 0.717) is 10.6 Å². The van der Waals surface area contributed by atoms with Crippen LogP contribution < -0.4 is 5.32 Å². The van der Waals surface area contributed by atoms with Gasteiger partial charge in [-0.2, -0.15) is 0 Å². The minimum Gasteiger partial charge on any atom is -0.322 e. The third-order valence-electron chi connectivity index (χ3n) is 2.63. The Hall–Kier alpha value is -0.780. The van der Waals surface area contributed by atoms with Crippen LogP contribution in [0.25, 0.3) is 0 Å². The summed E-state index contributed by atoms with van der Waals surface area (Å²) in [5.74, 6) is -0.271. The van der Waals surface area contributed by atoms with Crippen molar-refractivity contribution in [2.75, 3.05) is 5.32 Å². The molecule has 0 fully saturated rings. The molecule has 1 N–H and O–H groups in total. The van der Waals surface area contributed by atoms with Gasteiger partial charge < -0.3 is 5.32 Å². The van der Waals surface area contributed by atoms with Crippen molar-refractivity contribution >= 4 is 57.4 Å². The molecule has 2 aromatic carbocycles. The Balaban J connectivity index is 2.26. The van der Waals surface area contributed by atoms with Gasteiger partial charge in [-0.1, -0.05) is 35.3 Å². The Bertz CT molecular complexity index is 643. The highest BCUT2D eigenvalue weighted by Gasteiger charge is 2.12. The number of hydrogen-bond donors (Lipinski definition) is 1. The zero-order chi connectivity index (χ0) is 14.0.